The Labute approximate surface area is 134 Å². The van der Waals surface area contributed by atoms with Crippen LogP contribution in [0.2, 0.25) is 0 Å². The van der Waals surface area contributed by atoms with Gasteiger partial charge in [-0.15, -0.1) is 0 Å². The van der Waals surface area contributed by atoms with Crippen molar-refractivity contribution < 1.29 is 0 Å². The minimum Gasteiger partial charge on any atom is -0.0620 e. The standard InChI is InChI=1S/C22H25/c1-15(2)22(20-13-11-16-7-3-5-9-18(16)20)21-14-12-17-8-4-6-10-19(17)21/h3-10,20-22H,11-14H2,1-2H3. The minimum absolute atomic E-state index is 0.701. The molecule has 2 aromatic rings. The van der Waals surface area contributed by atoms with Crippen LogP contribution < -0.4 is 0 Å². The second-order valence-electron chi connectivity index (χ2n) is 7.29. The van der Waals surface area contributed by atoms with E-state index in [2.05, 4.69) is 62.4 Å². The molecule has 1 radical (unpaired) electrons. The minimum atomic E-state index is 0.701. The average Bonchev–Trinajstić information content (AvgIpc) is 3.13. The Kier molecular flexibility index (Phi) is 3.56. The lowest BCUT2D eigenvalue weighted by atomic mass is 9.70. The van der Waals surface area contributed by atoms with E-state index in [1.165, 1.54) is 25.7 Å². The normalized spacial score (nSPS) is 24.3. The Hall–Kier alpha value is -1.56. The first kappa shape index (κ1) is 14.1. The van der Waals surface area contributed by atoms with Crippen LogP contribution in [0.25, 0.3) is 0 Å². The molecule has 0 nitrogen and oxygen atoms in total. The SMILES string of the molecule is C[C](C)C(C1CCc2ccccc21)C1CCc2ccccc21. The molecule has 2 unspecified atom stereocenters. The van der Waals surface area contributed by atoms with Crippen LogP contribution in [0.5, 0.6) is 0 Å². The van der Waals surface area contributed by atoms with Crippen LogP contribution in [0.1, 0.15) is 60.8 Å². The molecule has 0 amide bonds. The number of aryl methyl sites for hydroxylation is 2. The number of rotatable bonds is 3. The van der Waals surface area contributed by atoms with Gasteiger partial charge in [0.1, 0.15) is 0 Å². The van der Waals surface area contributed by atoms with E-state index in [0.29, 0.717) is 5.92 Å². The Balaban J connectivity index is 1.72. The first-order valence-electron chi connectivity index (χ1n) is 8.71. The molecule has 2 atom stereocenters. The highest BCUT2D eigenvalue weighted by Crippen LogP contribution is 2.51. The molecule has 113 valence electrons. The summed E-state index contributed by atoms with van der Waals surface area (Å²) in [5.74, 6) is 3.76. The Bertz CT molecular complexity index is 612. The lowest BCUT2D eigenvalue weighted by molar-refractivity contribution is 0.361. The zero-order valence-electron chi connectivity index (χ0n) is 13.7. The maximum atomic E-state index is 2.38. The molecule has 22 heavy (non-hydrogen) atoms. The van der Waals surface area contributed by atoms with Crippen LogP contribution in [-0.2, 0) is 12.8 Å². The van der Waals surface area contributed by atoms with Crippen molar-refractivity contribution in [3.05, 3.63) is 76.7 Å². The van der Waals surface area contributed by atoms with Crippen LogP contribution in [0.4, 0.5) is 0 Å². The first-order chi connectivity index (χ1) is 10.8. The summed E-state index contributed by atoms with van der Waals surface area (Å²) in [4.78, 5) is 0. The predicted molar refractivity (Wildman–Crippen MR) is 93.1 cm³/mol. The summed E-state index contributed by atoms with van der Waals surface area (Å²) in [5.41, 5.74) is 6.42. The van der Waals surface area contributed by atoms with E-state index in [4.69, 9.17) is 0 Å². The average molecular weight is 289 g/mol. The molecule has 2 aliphatic carbocycles. The van der Waals surface area contributed by atoms with Crippen LogP contribution >= 0.6 is 0 Å². The van der Waals surface area contributed by atoms with Gasteiger partial charge in [-0.25, -0.2) is 0 Å². The van der Waals surface area contributed by atoms with E-state index in [9.17, 15) is 0 Å². The maximum Gasteiger partial charge on any atom is -0.0117 e. The van der Waals surface area contributed by atoms with Gasteiger partial charge in [-0.2, -0.15) is 0 Å². The summed E-state index contributed by atoms with van der Waals surface area (Å²) in [6, 6.07) is 18.3. The van der Waals surface area contributed by atoms with E-state index >= 15 is 0 Å². The van der Waals surface area contributed by atoms with Crippen LogP contribution in [0, 0.1) is 11.8 Å². The maximum absolute atomic E-state index is 2.38. The topological polar surface area (TPSA) is 0 Å². The van der Waals surface area contributed by atoms with Gasteiger partial charge < -0.3 is 0 Å². The Morgan fingerprint density at radius 1 is 0.773 bits per heavy atom. The molecule has 2 aromatic carbocycles. The van der Waals surface area contributed by atoms with Gasteiger partial charge in [0.15, 0.2) is 0 Å². The highest BCUT2D eigenvalue weighted by atomic mass is 14.4. The third-order valence-corrected chi connectivity index (χ3v) is 5.89. The monoisotopic (exact) mass is 289 g/mol. The molecule has 0 heterocycles. The molecule has 0 saturated heterocycles. The molecule has 0 aromatic heterocycles. The number of benzene rings is 2. The van der Waals surface area contributed by atoms with Crippen LogP contribution in [-0.4, -0.2) is 0 Å². The van der Waals surface area contributed by atoms with Gasteiger partial charge in [-0.3, -0.25) is 0 Å². The molecule has 0 bridgehead atoms. The summed E-state index contributed by atoms with van der Waals surface area (Å²) >= 11 is 0. The van der Waals surface area contributed by atoms with Crippen molar-refractivity contribution >= 4 is 0 Å². The molecule has 0 heteroatoms. The van der Waals surface area contributed by atoms with Gasteiger partial charge in [0.2, 0.25) is 0 Å². The fraction of sp³-hybridized carbons (Fsp3) is 0.409. The Morgan fingerprint density at radius 3 is 1.68 bits per heavy atom. The molecule has 2 aliphatic rings. The fourth-order valence-electron chi connectivity index (χ4n) is 5.01. The largest absolute Gasteiger partial charge is 0.0620 e. The molecular formula is C22H25. The lowest BCUT2D eigenvalue weighted by Gasteiger charge is -2.33. The van der Waals surface area contributed by atoms with Crippen molar-refractivity contribution in [2.24, 2.45) is 5.92 Å². The zero-order chi connectivity index (χ0) is 15.1. The van der Waals surface area contributed by atoms with Crippen molar-refractivity contribution in [2.45, 2.75) is 51.4 Å². The van der Waals surface area contributed by atoms with Gasteiger partial charge in [0.25, 0.3) is 0 Å². The zero-order valence-corrected chi connectivity index (χ0v) is 13.7. The van der Waals surface area contributed by atoms with Gasteiger partial charge >= 0.3 is 0 Å². The molecule has 0 spiro atoms. The predicted octanol–water partition coefficient (Wildman–Crippen LogP) is 5.68. The van der Waals surface area contributed by atoms with E-state index < -0.39 is 0 Å². The van der Waals surface area contributed by atoms with Crippen molar-refractivity contribution in [1.29, 1.82) is 0 Å². The van der Waals surface area contributed by atoms with Crippen molar-refractivity contribution in [2.75, 3.05) is 0 Å². The quantitative estimate of drug-likeness (QED) is 0.682. The second kappa shape index (κ2) is 5.57. The van der Waals surface area contributed by atoms with Crippen LogP contribution in [0.15, 0.2) is 48.5 Å². The third kappa shape index (κ3) is 2.20. The smallest absolute Gasteiger partial charge is 0.0117 e. The molecule has 0 saturated carbocycles. The summed E-state index contributed by atoms with van der Waals surface area (Å²) in [7, 11) is 0. The molecule has 0 N–H and O–H groups in total. The van der Waals surface area contributed by atoms with Crippen molar-refractivity contribution in [1.82, 2.24) is 0 Å². The van der Waals surface area contributed by atoms with Gasteiger partial charge in [-0.05, 0) is 71.6 Å². The highest BCUT2D eigenvalue weighted by molar-refractivity contribution is 5.41. The summed E-state index contributed by atoms with van der Waals surface area (Å²) in [6.07, 6.45) is 5.18. The van der Waals surface area contributed by atoms with E-state index in [1.807, 2.05) is 0 Å². The molecular weight excluding hydrogens is 264 g/mol. The third-order valence-electron chi connectivity index (χ3n) is 5.89. The van der Waals surface area contributed by atoms with Gasteiger partial charge in [0.05, 0.1) is 0 Å². The summed E-state index contributed by atoms with van der Waals surface area (Å²) in [5, 5.41) is 0. The van der Waals surface area contributed by atoms with Crippen molar-refractivity contribution in [3.8, 4) is 0 Å². The number of hydrogen-bond donors (Lipinski definition) is 0. The van der Waals surface area contributed by atoms with E-state index in [-0.39, 0.29) is 0 Å². The van der Waals surface area contributed by atoms with Crippen LogP contribution in [0.3, 0.4) is 0 Å². The summed E-state index contributed by atoms with van der Waals surface area (Å²) in [6.45, 7) is 4.71. The van der Waals surface area contributed by atoms with Crippen molar-refractivity contribution in [3.63, 3.8) is 0 Å². The molecule has 0 fully saturated rings. The highest BCUT2D eigenvalue weighted by Gasteiger charge is 2.39. The lowest BCUT2D eigenvalue weighted by Crippen LogP contribution is -2.22. The number of hydrogen-bond acceptors (Lipinski definition) is 0. The second-order valence-corrected chi connectivity index (χ2v) is 7.29. The van der Waals surface area contributed by atoms with E-state index in [1.54, 1.807) is 28.2 Å². The van der Waals surface area contributed by atoms with E-state index in [0.717, 1.165) is 11.8 Å². The van der Waals surface area contributed by atoms with Gasteiger partial charge in [-0.1, -0.05) is 62.4 Å². The van der Waals surface area contributed by atoms with Gasteiger partial charge in [0, 0.05) is 0 Å². The Morgan fingerprint density at radius 2 is 1.23 bits per heavy atom. The molecule has 0 aliphatic heterocycles. The first-order valence-corrected chi connectivity index (χ1v) is 8.71. The summed E-state index contributed by atoms with van der Waals surface area (Å²) < 4.78 is 0. The molecule has 4 rings (SSSR count). The fourth-order valence-corrected chi connectivity index (χ4v) is 5.01. The number of fused-ring (bicyclic) bond motifs is 2.